The van der Waals surface area contributed by atoms with Gasteiger partial charge in [-0.25, -0.2) is 4.98 Å². The Hall–Kier alpha value is -2.04. The van der Waals surface area contributed by atoms with E-state index in [1.54, 1.807) is 12.1 Å². The lowest BCUT2D eigenvalue weighted by atomic mass is 9.79. The normalized spacial score (nSPS) is 19.0. The fourth-order valence-corrected chi connectivity index (χ4v) is 4.89. The van der Waals surface area contributed by atoms with Crippen molar-refractivity contribution >= 4 is 40.6 Å². The van der Waals surface area contributed by atoms with Gasteiger partial charge in [0.15, 0.2) is 0 Å². The van der Waals surface area contributed by atoms with E-state index < -0.39 is 0 Å². The molecule has 1 fully saturated rings. The van der Waals surface area contributed by atoms with Gasteiger partial charge in [0.05, 0.1) is 10.0 Å². The van der Waals surface area contributed by atoms with Crippen molar-refractivity contribution in [2.24, 2.45) is 11.8 Å². The molecule has 0 atom stereocenters. The van der Waals surface area contributed by atoms with E-state index in [0.29, 0.717) is 21.6 Å². The van der Waals surface area contributed by atoms with Crippen LogP contribution in [0.25, 0.3) is 16.9 Å². The summed E-state index contributed by atoms with van der Waals surface area (Å²) in [5, 5.41) is 4.17. The first kappa shape index (κ1) is 22.2. The lowest BCUT2D eigenvalue weighted by Gasteiger charge is -2.27. The predicted molar refractivity (Wildman–Crippen MR) is 129 cm³/mol. The SMILES string of the molecule is CCCCC1CCC(C(=O)Nc2c(-c3ccc(Cl)c(Cl)c3)nc3c(C)cccn23)CC1. The van der Waals surface area contributed by atoms with Crippen LogP contribution in [0.3, 0.4) is 0 Å². The molecule has 0 aliphatic heterocycles. The molecule has 0 unspecified atom stereocenters. The van der Waals surface area contributed by atoms with Gasteiger partial charge in [-0.2, -0.15) is 0 Å². The maximum Gasteiger partial charge on any atom is 0.228 e. The van der Waals surface area contributed by atoms with Gasteiger partial charge in [0, 0.05) is 17.7 Å². The molecule has 1 aromatic carbocycles. The van der Waals surface area contributed by atoms with Gasteiger partial charge in [0.25, 0.3) is 0 Å². The molecule has 1 N–H and O–H groups in total. The summed E-state index contributed by atoms with van der Waals surface area (Å²) < 4.78 is 1.96. The van der Waals surface area contributed by atoms with Crippen LogP contribution in [0.1, 0.15) is 57.4 Å². The number of aryl methyl sites for hydroxylation is 1. The largest absolute Gasteiger partial charge is 0.310 e. The van der Waals surface area contributed by atoms with Crippen LogP contribution >= 0.6 is 23.2 Å². The van der Waals surface area contributed by atoms with Crippen molar-refractivity contribution in [3.63, 3.8) is 0 Å². The molecule has 2 heterocycles. The number of nitrogens with zero attached hydrogens (tertiary/aromatic N) is 2. The molecule has 4 nitrogen and oxygen atoms in total. The number of fused-ring (bicyclic) bond motifs is 1. The Bertz CT molecular complexity index is 1080. The molecule has 31 heavy (non-hydrogen) atoms. The highest BCUT2D eigenvalue weighted by molar-refractivity contribution is 6.42. The fraction of sp³-hybridized carbons (Fsp3) is 0.440. The average Bonchev–Trinajstić information content (AvgIpc) is 3.14. The lowest BCUT2D eigenvalue weighted by molar-refractivity contribution is -0.121. The Morgan fingerprint density at radius 2 is 1.94 bits per heavy atom. The first-order valence-electron chi connectivity index (χ1n) is 11.2. The van der Waals surface area contributed by atoms with Crippen molar-refractivity contribution in [2.45, 2.75) is 58.8 Å². The van der Waals surface area contributed by atoms with Gasteiger partial charge in [-0.15, -0.1) is 0 Å². The Labute approximate surface area is 194 Å². The number of amides is 1. The smallest absolute Gasteiger partial charge is 0.228 e. The molecule has 6 heteroatoms. The fourth-order valence-electron chi connectivity index (χ4n) is 4.59. The highest BCUT2D eigenvalue weighted by atomic mass is 35.5. The second-order valence-electron chi connectivity index (χ2n) is 8.67. The van der Waals surface area contributed by atoms with E-state index in [1.807, 2.05) is 35.7 Å². The number of carbonyl (C=O) groups is 1. The van der Waals surface area contributed by atoms with Crippen LogP contribution in [0.5, 0.6) is 0 Å². The number of hydrogen-bond donors (Lipinski definition) is 1. The first-order chi connectivity index (χ1) is 15.0. The minimum Gasteiger partial charge on any atom is -0.310 e. The van der Waals surface area contributed by atoms with Gasteiger partial charge in [-0.1, -0.05) is 61.5 Å². The van der Waals surface area contributed by atoms with Crippen LogP contribution in [0.15, 0.2) is 36.5 Å². The van der Waals surface area contributed by atoms with Gasteiger partial charge in [-0.05, 0) is 62.3 Å². The number of benzene rings is 1. The molecule has 1 amide bonds. The van der Waals surface area contributed by atoms with E-state index in [1.165, 1.54) is 19.3 Å². The molecule has 1 saturated carbocycles. The van der Waals surface area contributed by atoms with Crippen LogP contribution in [0, 0.1) is 18.8 Å². The van der Waals surface area contributed by atoms with Crippen molar-refractivity contribution in [1.82, 2.24) is 9.38 Å². The van der Waals surface area contributed by atoms with Gasteiger partial charge in [-0.3, -0.25) is 9.20 Å². The summed E-state index contributed by atoms with van der Waals surface area (Å²) in [6.07, 6.45) is 9.96. The molecule has 0 spiro atoms. The number of pyridine rings is 1. The van der Waals surface area contributed by atoms with Crippen LogP contribution in [0.4, 0.5) is 5.82 Å². The Morgan fingerprint density at radius 1 is 1.16 bits per heavy atom. The zero-order chi connectivity index (χ0) is 22.0. The first-order valence-corrected chi connectivity index (χ1v) is 12.0. The number of carbonyl (C=O) groups excluding carboxylic acids is 1. The van der Waals surface area contributed by atoms with Gasteiger partial charge in [0.2, 0.25) is 5.91 Å². The van der Waals surface area contributed by atoms with Gasteiger partial charge >= 0.3 is 0 Å². The summed E-state index contributed by atoms with van der Waals surface area (Å²) in [6, 6.07) is 9.44. The number of aromatic nitrogens is 2. The Balaban J connectivity index is 1.61. The van der Waals surface area contributed by atoms with E-state index in [4.69, 9.17) is 28.2 Å². The number of hydrogen-bond acceptors (Lipinski definition) is 2. The molecule has 1 aliphatic carbocycles. The molecular formula is C25H29Cl2N3O. The minimum atomic E-state index is 0.0508. The molecule has 0 bridgehead atoms. The lowest BCUT2D eigenvalue weighted by Crippen LogP contribution is -2.28. The molecule has 2 aromatic heterocycles. The topological polar surface area (TPSA) is 46.4 Å². The quantitative estimate of drug-likeness (QED) is 0.415. The molecular weight excluding hydrogens is 429 g/mol. The van der Waals surface area contributed by atoms with Crippen LogP contribution in [0.2, 0.25) is 10.0 Å². The van der Waals surface area contributed by atoms with Crippen LogP contribution < -0.4 is 5.32 Å². The second kappa shape index (κ2) is 9.62. The zero-order valence-corrected chi connectivity index (χ0v) is 19.6. The maximum atomic E-state index is 13.2. The Kier molecular flexibility index (Phi) is 6.88. The predicted octanol–water partition coefficient (Wildman–Crippen LogP) is 7.55. The van der Waals surface area contributed by atoms with E-state index in [0.717, 1.165) is 48.4 Å². The number of unbranched alkanes of at least 4 members (excludes halogenated alkanes) is 1. The summed E-state index contributed by atoms with van der Waals surface area (Å²) in [4.78, 5) is 18.1. The van der Waals surface area contributed by atoms with Crippen molar-refractivity contribution in [2.75, 3.05) is 5.32 Å². The molecule has 164 valence electrons. The Morgan fingerprint density at radius 3 is 2.65 bits per heavy atom. The number of rotatable bonds is 6. The van der Waals surface area contributed by atoms with Crippen molar-refractivity contribution in [1.29, 1.82) is 0 Å². The van der Waals surface area contributed by atoms with E-state index >= 15 is 0 Å². The monoisotopic (exact) mass is 457 g/mol. The number of anilines is 1. The van der Waals surface area contributed by atoms with Crippen LogP contribution in [-0.4, -0.2) is 15.3 Å². The third-order valence-corrected chi connectivity index (χ3v) is 7.20. The van der Waals surface area contributed by atoms with Crippen molar-refractivity contribution < 1.29 is 4.79 Å². The van der Waals surface area contributed by atoms with E-state index in [9.17, 15) is 4.79 Å². The van der Waals surface area contributed by atoms with E-state index in [2.05, 4.69) is 12.2 Å². The highest BCUT2D eigenvalue weighted by Gasteiger charge is 2.28. The van der Waals surface area contributed by atoms with Gasteiger partial charge < -0.3 is 5.32 Å². The minimum absolute atomic E-state index is 0.0508. The van der Waals surface area contributed by atoms with Gasteiger partial charge in [0.1, 0.15) is 17.2 Å². The molecule has 4 rings (SSSR count). The maximum absolute atomic E-state index is 13.2. The molecule has 0 saturated heterocycles. The number of halogens is 2. The van der Waals surface area contributed by atoms with E-state index in [-0.39, 0.29) is 11.8 Å². The summed E-state index contributed by atoms with van der Waals surface area (Å²) in [6.45, 7) is 4.26. The third kappa shape index (κ3) is 4.75. The molecule has 3 aromatic rings. The standard InChI is InChI=1S/C25H29Cl2N3O/c1-3-4-7-17-8-10-18(11-9-17)25(31)29-24-22(19-12-13-20(26)21(27)15-19)28-23-16(2)6-5-14-30(23)24/h5-6,12-15,17-18H,3-4,7-11H2,1-2H3,(H,29,31). The summed E-state index contributed by atoms with van der Waals surface area (Å²) >= 11 is 12.4. The second-order valence-corrected chi connectivity index (χ2v) is 9.49. The molecule has 1 aliphatic rings. The highest BCUT2D eigenvalue weighted by Crippen LogP contribution is 2.36. The third-order valence-electron chi connectivity index (χ3n) is 6.46. The number of nitrogens with one attached hydrogen (secondary N) is 1. The van der Waals surface area contributed by atoms with Crippen LogP contribution in [-0.2, 0) is 4.79 Å². The molecule has 0 radical (unpaired) electrons. The summed E-state index contributed by atoms with van der Waals surface area (Å²) in [5.74, 6) is 1.60. The average molecular weight is 458 g/mol. The summed E-state index contributed by atoms with van der Waals surface area (Å²) in [5.41, 5.74) is 3.40. The van der Waals surface area contributed by atoms with Crippen molar-refractivity contribution in [3.05, 3.63) is 52.1 Å². The summed E-state index contributed by atoms with van der Waals surface area (Å²) in [7, 11) is 0. The van der Waals surface area contributed by atoms with Crippen molar-refractivity contribution in [3.8, 4) is 11.3 Å². The number of imidazole rings is 1. The zero-order valence-electron chi connectivity index (χ0n) is 18.1.